The van der Waals surface area contributed by atoms with Crippen LogP contribution in [0.1, 0.15) is 18.4 Å². The third-order valence-corrected chi connectivity index (χ3v) is 3.68. The molecule has 1 fully saturated rings. The largest absolute Gasteiger partial charge is 0.344 e. The van der Waals surface area contributed by atoms with Gasteiger partial charge in [-0.05, 0) is 30.2 Å². The molecular weight excluding hydrogens is 272 g/mol. The van der Waals surface area contributed by atoms with E-state index in [1.807, 2.05) is 6.07 Å². The van der Waals surface area contributed by atoms with Gasteiger partial charge in [-0.2, -0.15) is 0 Å². The van der Waals surface area contributed by atoms with E-state index in [0.717, 1.165) is 11.3 Å². The number of carbonyl (C=O) groups is 3. The fourth-order valence-corrected chi connectivity index (χ4v) is 2.50. The summed E-state index contributed by atoms with van der Waals surface area (Å²) < 4.78 is 0. The first-order chi connectivity index (χ1) is 10.0. The third-order valence-electron chi connectivity index (χ3n) is 3.68. The Hall–Kier alpha value is -2.57. The Morgan fingerprint density at radius 1 is 1.38 bits per heavy atom. The molecule has 7 heteroatoms. The van der Waals surface area contributed by atoms with Crippen molar-refractivity contribution in [1.29, 1.82) is 0 Å². The Kier molecular flexibility index (Phi) is 3.25. The maximum Gasteiger partial charge on any atom is 0.321 e. The van der Waals surface area contributed by atoms with Crippen molar-refractivity contribution in [2.45, 2.75) is 25.4 Å². The molecule has 0 spiro atoms. The zero-order valence-electron chi connectivity index (χ0n) is 11.6. The van der Waals surface area contributed by atoms with Crippen molar-refractivity contribution in [1.82, 2.24) is 10.2 Å². The smallest absolute Gasteiger partial charge is 0.321 e. The summed E-state index contributed by atoms with van der Waals surface area (Å²) in [6.07, 6.45) is 0.910. The minimum absolute atomic E-state index is 0.0927. The minimum Gasteiger partial charge on any atom is -0.344 e. The number of rotatable bonds is 2. The van der Waals surface area contributed by atoms with Gasteiger partial charge < -0.3 is 20.9 Å². The van der Waals surface area contributed by atoms with Gasteiger partial charge in [0.15, 0.2) is 0 Å². The Bertz CT molecular complexity index is 629. The summed E-state index contributed by atoms with van der Waals surface area (Å²) in [5.74, 6) is -0.307. The number of benzene rings is 1. The highest BCUT2D eigenvalue weighted by Crippen LogP contribution is 2.26. The minimum atomic E-state index is -0.462. The molecule has 21 heavy (non-hydrogen) atoms. The van der Waals surface area contributed by atoms with Gasteiger partial charge in [-0.15, -0.1) is 0 Å². The lowest BCUT2D eigenvalue weighted by Crippen LogP contribution is -2.37. The van der Waals surface area contributed by atoms with E-state index in [1.54, 1.807) is 24.1 Å². The molecule has 4 amide bonds. The number of anilines is 2. The Morgan fingerprint density at radius 3 is 2.90 bits per heavy atom. The lowest BCUT2D eigenvalue weighted by Gasteiger charge is -2.26. The van der Waals surface area contributed by atoms with E-state index in [1.165, 1.54) is 0 Å². The van der Waals surface area contributed by atoms with Gasteiger partial charge in [0.1, 0.15) is 6.04 Å². The number of amides is 4. The van der Waals surface area contributed by atoms with Crippen molar-refractivity contribution in [3.63, 3.8) is 0 Å². The molecule has 1 aromatic carbocycles. The van der Waals surface area contributed by atoms with E-state index in [0.29, 0.717) is 25.1 Å². The standard InChI is InChI=1S/C14H16N4O3/c1-18-7-8-6-9(2-3-10(8)17-14(18)21)15-13(20)11-4-5-12(19)16-11/h2-3,6,11H,4-5,7H2,1H3,(H,15,20)(H,16,19)(H,17,21)/t11-/m1/s1. The monoisotopic (exact) mass is 288 g/mol. The lowest BCUT2D eigenvalue weighted by molar-refractivity contribution is -0.122. The summed E-state index contributed by atoms with van der Waals surface area (Å²) in [7, 11) is 1.71. The predicted octanol–water partition coefficient (Wildman–Crippen LogP) is 0.881. The fraction of sp³-hybridized carbons (Fsp3) is 0.357. The number of hydrogen-bond acceptors (Lipinski definition) is 3. The summed E-state index contributed by atoms with van der Waals surface area (Å²) in [4.78, 5) is 36.3. The van der Waals surface area contributed by atoms with Crippen LogP contribution in [0.3, 0.4) is 0 Å². The average molecular weight is 288 g/mol. The molecule has 0 saturated carbocycles. The molecule has 3 N–H and O–H groups in total. The van der Waals surface area contributed by atoms with E-state index >= 15 is 0 Å². The first kappa shape index (κ1) is 13.4. The molecule has 0 bridgehead atoms. The first-order valence-corrected chi connectivity index (χ1v) is 6.78. The topological polar surface area (TPSA) is 90.5 Å². The molecular formula is C14H16N4O3. The van der Waals surface area contributed by atoms with Gasteiger partial charge >= 0.3 is 6.03 Å². The second-order valence-corrected chi connectivity index (χ2v) is 5.31. The predicted molar refractivity (Wildman–Crippen MR) is 76.7 cm³/mol. The van der Waals surface area contributed by atoms with Crippen molar-refractivity contribution in [3.05, 3.63) is 23.8 Å². The zero-order chi connectivity index (χ0) is 15.0. The van der Waals surface area contributed by atoms with Crippen molar-refractivity contribution in [3.8, 4) is 0 Å². The molecule has 2 heterocycles. The Morgan fingerprint density at radius 2 is 2.19 bits per heavy atom. The highest BCUT2D eigenvalue weighted by Gasteiger charge is 2.27. The van der Waals surface area contributed by atoms with Crippen molar-refractivity contribution in [2.75, 3.05) is 17.7 Å². The van der Waals surface area contributed by atoms with E-state index in [-0.39, 0.29) is 17.8 Å². The van der Waals surface area contributed by atoms with Crippen LogP contribution in [0.5, 0.6) is 0 Å². The zero-order valence-corrected chi connectivity index (χ0v) is 11.6. The average Bonchev–Trinajstić information content (AvgIpc) is 2.87. The summed E-state index contributed by atoms with van der Waals surface area (Å²) in [6, 6.07) is 4.73. The molecule has 2 aliphatic rings. The highest BCUT2D eigenvalue weighted by atomic mass is 16.2. The van der Waals surface area contributed by atoms with Crippen LogP contribution in [0.25, 0.3) is 0 Å². The number of carbonyl (C=O) groups excluding carboxylic acids is 3. The van der Waals surface area contributed by atoms with Gasteiger partial charge in [-0.1, -0.05) is 0 Å². The number of nitrogens with one attached hydrogen (secondary N) is 3. The van der Waals surface area contributed by atoms with Gasteiger partial charge in [-0.25, -0.2) is 4.79 Å². The van der Waals surface area contributed by atoms with Crippen LogP contribution in [0.4, 0.5) is 16.2 Å². The summed E-state index contributed by atoms with van der Waals surface area (Å²) in [6.45, 7) is 0.491. The molecule has 0 unspecified atom stereocenters. The Labute approximate surface area is 121 Å². The summed E-state index contributed by atoms with van der Waals surface area (Å²) in [5.41, 5.74) is 2.35. The van der Waals surface area contributed by atoms with Crippen LogP contribution in [-0.2, 0) is 16.1 Å². The van der Waals surface area contributed by atoms with E-state index in [4.69, 9.17) is 0 Å². The van der Waals surface area contributed by atoms with Gasteiger partial charge in [0.2, 0.25) is 11.8 Å². The molecule has 110 valence electrons. The molecule has 7 nitrogen and oxygen atoms in total. The number of nitrogens with zero attached hydrogens (tertiary/aromatic N) is 1. The number of urea groups is 1. The second-order valence-electron chi connectivity index (χ2n) is 5.31. The summed E-state index contributed by atoms with van der Waals surface area (Å²) >= 11 is 0. The van der Waals surface area contributed by atoms with E-state index in [9.17, 15) is 14.4 Å². The first-order valence-electron chi connectivity index (χ1n) is 6.78. The Balaban J connectivity index is 1.72. The quantitative estimate of drug-likeness (QED) is 0.754. The maximum absolute atomic E-state index is 12.0. The summed E-state index contributed by atoms with van der Waals surface area (Å²) in [5, 5.41) is 8.20. The molecule has 0 aromatic heterocycles. The van der Waals surface area contributed by atoms with Crippen LogP contribution in [0.2, 0.25) is 0 Å². The fourth-order valence-electron chi connectivity index (χ4n) is 2.50. The van der Waals surface area contributed by atoms with Crippen LogP contribution in [-0.4, -0.2) is 35.8 Å². The maximum atomic E-state index is 12.0. The second kappa shape index (κ2) is 5.08. The molecule has 0 radical (unpaired) electrons. The van der Waals surface area contributed by atoms with Crippen LogP contribution < -0.4 is 16.0 Å². The third kappa shape index (κ3) is 2.67. The van der Waals surface area contributed by atoms with Crippen LogP contribution >= 0.6 is 0 Å². The van der Waals surface area contributed by atoms with E-state index < -0.39 is 6.04 Å². The molecule has 3 rings (SSSR count). The highest BCUT2D eigenvalue weighted by molar-refractivity contribution is 5.99. The molecule has 1 saturated heterocycles. The molecule has 0 aliphatic carbocycles. The molecule has 2 aliphatic heterocycles. The van der Waals surface area contributed by atoms with E-state index in [2.05, 4.69) is 16.0 Å². The number of fused-ring (bicyclic) bond motifs is 1. The van der Waals surface area contributed by atoms with Crippen molar-refractivity contribution in [2.24, 2.45) is 0 Å². The lowest BCUT2D eigenvalue weighted by atomic mass is 10.1. The van der Waals surface area contributed by atoms with Gasteiger partial charge in [0.05, 0.1) is 0 Å². The number of hydrogen-bond donors (Lipinski definition) is 3. The normalized spacial score (nSPS) is 20.6. The molecule has 1 aromatic rings. The van der Waals surface area contributed by atoms with Crippen molar-refractivity contribution >= 4 is 29.2 Å². The van der Waals surface area contributed by atoms with Crippen LogP contribution in [0.15, 0.2) is 18.2 Å². The van der Waals surface area contributed by atoms with Gasteiger partial charge in [0, 0.05) is 31.4 Å². The van der Waals surface area contributed by atoms with Crippen molar-refractivity contribution < 1.29 is 14.4 Å². The van der Waals surface area contributed by atoms with Gasteiger partial charge in [-0.3, -0.25) is 9.59 Å². The van der Waals surface area contributed by atoms with Gasteiger partial charge in [0.25, 0.3) is 0 Å². The van der Waals surface area contributed by atoms with Crippen LogP contribution in [0, 0.1) is 0 Å². The SMILES string of the molecule is CN1Cc2cc(NC(=O)[C@H]3CCC(=O)N3)ccc2NC1=O. The molecule has 1 atom stereocenters.